The first-order valence-corrected chi connectivity index (χ1v) is 10.1. The standard InChI is InChI=1S/C23H30N2O3/c1-3-27-19-11-13-20(14-12-19)28-16-15-24-23(26)17-25(2)22-10-6-8-18-7-4-5-9-21(18)22/h4-5,7,9,11-14,22H,3,6,8,10,15-17H2,1-2H3,(H,24,26)/t22-/m0/s1. The number of rotatable bonds is 9. The fourth-order valence-electron chi connectivity index (χ4n) is 3.74. The topological polar surface area (TPSA) is 50.8 Å². The molecule has 5 heteroatoms. The van der Waals surface area contributed by atoms with Gasteiger partial charge in [0, 0.05) is 6.04 Å². The highest BCUT2D eigenvalue weighted by molar-refractivity contribution is 5.78. The van der Waals surface area contributed by atoms with Crippen LogP contribution >= 0.6 is 0 Å². The van der Waals surface area contributed by atoms with Crippen molar-refractivity contribution < 1.29 is 14.3 Å². The fraction of sp³-hybridized carbons (Fsp3) is 0.435. The minimum atomic E-state index is 0.0286. The maximum atomic E-state index is 12.3. The highest BCUT2D eigenvalue weighted by Gasteiger charge is 2.24. The van der Waals surface area contributed by atoms with E-state index >= 15 is 0 Å². The predicted octanol–water partition coefficient (Wildman–Crippen LogP) is 3.59. The van der Waals surface area contributed by atoms with E-state index < -0.39 is 0 Å². The van der Waals surface area contributed by atoms with E-state index in [0.29, 0.717) is 32.3 Å². The van der Waals surface area contributed by atoms with Gasteiger partial charge in [-0.25, -0.2) is 0 Å². The van der Waals surface area contributed by atoms with Crippen LogP contribution in [0, 0.1) is 0 Å². The van der Waals surface area contributed by atoms with Crippen molar-refractivity contribution in [3.63, 3.8) is 0 Å². The Labute approximate surface area is 167 Å². The number of ether oxygens (including phenoxy) is 2. The summed E-state index contributed by atoms with van der Waals surface area (Å²) in [6.07, 6.45) is 3.40. The number of likely N-dealkylation sites (N-methyl/N-ethyl adjacent to an activating group) is 1. The Bertz CT molecular complexity index is 761. The van der Waals surface area contributed by atoms with Crippen LogP contribution in [0.5, 0.6) is 11.5 Å². The SMILES string of the molecule is CCOc1ccc(OCCNC(=O)CN(C)[C@H]2CCCc3ccccc32)cc1. The molecule has 0 saturated carbocycles. The molecule has 2 aromatic rings. The number of amides is 1. The number of nitrogens with one attached hydrogen (secondary N) is 1. The molecule has 3 rings (SSSR count). The number of benzene rings is 2. The fourth-order valence-corrected chi connectivity index (χ4v) is 3.74. The van der Waals surface area contributed by atoms with Crippen molar-refractivity contribution in [1.29, 1.82) is 0 Å². The van der Waals surface area contributed by atoms with Gasteiger partial charge in [0.2, 0.25) is 5.91 Å². The van der Waals surface area contributed by atoms with Crippen LogP contribution in [0.1, 0.15) is 36.9 Å². The zero-order valence-electron chi connectivity index (χ0n) is 16.8. The van der Waals surface area contributed by atoms with E-state index in [2.05, 4.69) is 34.5 Å². The molecular weight excluding hydrogens is 352 g/mol. The van der Waals surface area contributed by atoms with Crippen molar-refractivity contribution in [2.75, 3.05) is 33.4 Å². The van der Waals surface area contributed by atoms with Gasteiger partial charge in [-0.3, -0.25) is 9.69 Å². The average Bonchev–Trinajstić information content (AvgIpc) is 2.72. The Balaban J connectivity index is 1.40. The van der Waals surface area contributed by atoms with Crippen LogP contribution in [0.2, 0.25) is 0 Å². The van der Waals surface area contributed by atoms with Gasteiger partial charge in [0.05, 0.1) is 19.7 Å². The molecule has 0 unspecified atom stereocenters. The van der Waals surface area contributed by atoms with Crippen molar-refractivity contribution in [2.45, 2.75) is 32.2 Å². The van der Waals surface area contributed by atoms with E-state index in [1.54, 1.807) is 0 Å². The second-order valence-electron chi connectivity index (χ2n) is 7.12. The van der Waals surface area contributed by atoms with Gasteiger partial charge in [0.25, 0.3) is 0 Å². The van der Waals surface area contributed by atoms with Crippen LogP contribution in [0.4, 0.5) is 0 Å². The quantitative estimate of drug-likeness (QED) is 0.674. The van der Waals surface area contributed by atoms with Crippen molar-refractivity contribution in [1.82, 2.24) is 10.2 Å². The average molecular weight is 383 g/mol. The highest BCUT2D eigenvalue weighted by Crippen LogP contribution is 2.33. The Kier molecular flexibility index (Phi) is 7.31. The first-order valence-electron chi connectivity index (χ1n) is 10.1. The molecule has 150 valence electrons. The molecule has 0 aromatic heterocycles. The van der Waals surface area contributed by atoms with Gasteiger partial charge in [0.1, 0.15) is 18.1 Å². The van der Waals surface area contributed by atoms with E-state index in [0.717, 1.165) is 24.3 Å². The molecule has 5 nitrogen and oxygen atoms in total. The molecule has 28 heavy (non-hydrogen) atoms. The van der Waals surface area contributed by atoms with Crippen molar-refractivity contribution >= 4 is 5.91 Å². The summed E-state index contributed by atoms with van der Waals surface area (Å²) in [4.78, 5) is 14.5. The van der Waals surface area contributed by atoms with Gasteiger partial charge in [-0.1, -0.05) is 24.3 Å². The van der Waals surface area contributed by atoms with Crippen molar-refractivity contribution in [3.05, 3.63) is 59.7 Å². The smallest absolute Gasteiger partial charge is 0.234 e. The van der Waals surface area contributed by atoms with Crippen LogP contribution in [-0.4, -0.2) is 44.2 Å². The van der Waals surface area contributed by atoms with E-state index in [9.17, 15) is 4.79 Å². The van der Waals surface area contributed by atoms with Crippen LogP contribution < -0.4 is 14.8 Å². The largest absolute Gasteiger partial charge is 0.494 e. The Morgan fingerprint density at radius 1 is 1.11 bits per heavy atom. The van der Waals surface area contributed by atoms with E-state index in [1.165, 1.54) is 17.5 Å². The number of aryl methyl sites for hydroxylation is 1. The van der Waals surface area contributed by atoms with Gasteiger partial charge < -0.3 is 14.8 Å². The third-order valence-electron chi connectivity index (χ3n) is 5.09. The molecular formula is C23H30N2O3. The summed E-state index contributed by atoms with van der Waals surface area (Å²) in [7, 11) is 2.03. The third-order valence-corrected chi connectivity index (χ3v) is 5.09. The van der Waals surface area contributed by atoms with Gasteiger partial charge in [0.15, 0.2) is 0 Å². The van der Waals surface area contributed by atoms with Gasteiger partial charge in [-0.15, -0.1) is 0 Å². The summed E-state index contributed by atoms with van der Waals surface area (Å²) < 4.78 is 11.1. The lowest BCUT2D eigenvalue weighted by atomic mass is 9.87. The van der Waals surface area contributed by atoms with E-state index in [-0.39, 0.29) is 5.91 Å². The molecule has 0 heterocycles. The van der Waals surface area contributed by atoms with Crippen LogP contribution in [0.15, 0.2) is 48.5 Å². The molecule has 2 aromatic carbocycles. The number of hydrogen-bond donors (Lipinski definition) is 1. The van der Waals surface area contributed by atoms with Gasteiger partial charge >= 0.3 is 0 Å². The summed E-state index contributed by atoms with van der Waals surface area (Å²) in [5.74, 6) is 1.63. The third kappa shape index (κ3) is 5.49. The maximum Gasteiger partial charge on any atom is 0.234 e. The van der Waals surface area contributed by atoms with Gasteiger partial charge in [-0.2, -0.15) is 0 Å². The summed E-state index contributed by atoms with van der Waals surface area (Å²) in [5, 5.41) is 2.95. The monoisotopic (exact) mass is 382 g/mol. The summed E-state index contributed by atoms with van der Waals surface area (Å²) in [6.45, 7) is 3.92. The Morgan fingerprint density at radius 2 is 1.82 bits per heavy atom. The lowest BCUT2D eigenvalue weighted by Gasteiger charge is -2.32. The highest BCUT2D eigenvalue weighted by atomic mass is 16.5. The van der Waals surface area contributed by atoms with E-state index in [1.807, 2.05) is 38.2 Å². The molecule has 0 fully saturated rings. The van der Waals surface area contributed by atoms with Gasteiger partial charge in [-0.05, 0) is 68.6 Å². The van der Waals surface area contributed by atoms with Crippen LogP contribution in [0.3, 0.4) is 0 Å². The number of carbonyl (C=O) groups excluding carboxylic acids is 1. The van der Waals surface area contributed by atoms with E-state index in [4.69, 9.17) is 9.47 Å². The zero-order valence-corrected chi connectivity index (χ0v) is 16.8. The summed E-state index contributed by atoms with van der Waals surface area (Å²) in [5.41, 5.74) is 2.78. The molecule has 0 spiro atoms. The predicted molar refractivity (Wildman–Crippen MR) is 111 cm³/mol. The first-order chi connectivity index (χ1) is 13.7. The Morgan fingerprint density at radius 3 is 2.57 bits per heavy atom. The molecule has 1 N–H and O–H groups in total. The lowest BCUT2D eigenvalue weighted by molar-refractivity contribution is -0.122. The summed E-state index contributed by atoms with van der Waals surface area (Å²) in [6, 6.07) is 16.4. The number of nitrogens with zero attached hydrogens (tertiary/aromatic N) is 1. The second-order valence-corrected chi connectivity index (χ2v) is 7.12. The number of hydrogen-bond acceptors (Lipinski definition) is 4. The minimum absolute atomic E-state index is 0.0286. The maximum absolute atomic E-state index is 12.3. The molecule has 1 atom stereocenters. The normalized spacial score (nSPS) is 15.8. The molecule has 1 aliphatic rings. The Hall–Kier alpha value is -2.53. The van der Waals surface area contributed by atoms with Crippen LogP contribution in [-0.2, 0) is 11.2 Å². The van der Waals surface area contributed by atoms with Crippen molar-refractivity contribution in [2.24, 2.45) is 0 Å². The zero-order chi connectivity index (χ0) is 19.8. The molecule has 1 amide bonds. The minimum Gasteiger partial charge on any atom is -0.494 e. The summed E-state index contributed by atoms with van der Waals surface area (Å²) >= 11 is 0. The first kappa shape index (κ1) is 20.2. The molecule has 0 bridgehead atoms. The molecule has 1 aliphatic carbocycles. The van der Waals surface area contributed by atoms with Crippen molar-refractivity contribution in [3.8, 4) is 11.5 Å². The number of carbonyl (C=O) groups is 1. The lowest BCUT2D eigenvalue weighted by Crippen LogP contribution is -2.39. The molecule has 0 saturated heterocycles. The second kappa shape index (κ2) is 10.1. The molecule has 0 radical (unpaired) electrons. The van der Waals surface area contributed by atoms with Crippen LogP contribution in [0.25, 0.3) is 0 Å². The molecule has 0 aliphatic heterocycles. The number of fused-ring (bicyclic) bond motifs is 1.